The molecule has 39 nitrogen and oxygen atoms in total. The number of rotatable bonds is 28. The molecular formula is C60H105BN14O25S7. The number of sulfone groups is 7. The highest BCUT2D eigenvalue weighted by Gasteiger charge is 2.13. The van der Waals surface area contributed by atoms with Gasteiger partial charge in [-0.1, -0.05) is 0 Å². The van der Waals surface area contributed by atoms with Crippen molar-refractivity contribution in [1.29, 1.82) is 0 Å². The van der Waals surface area contributed by atoms with Crippen LogP contribution in [0.15, 0.2) is 131 Å². The Balaban J connectivity index is -0.00000114. The summed E-state index contributed by atoms with van der Waals surface area (Å²) >= 11 is 0. The molecule has 0 fully saturated rings. The Kier molecular flexibility index (Phi) is 50.2. The fourth-order valence-electron chi connectivity index (χ4n) is 7.21. The minimum Gasteiger partial charge on any atom is -0.907 e. The van der Waals surface area contributed by atoms with E-state index >= 15 is 0 Å². The van der Waals surface area contributed by atoms with Gasteiger partial charge in [0.15, 0.2) is 68.9 Å². The summed E-state index contributed by atoms with van der Waals surface area (Å²) in [5, 5.41) is 61.0. The monoisotopic (exact) mass is 1660 g/mol. The van der Waals surface area contributed by atoms with Crippen LogP contribution in [0.2, 0.25) is 0 Å². The predicted molar refractivity (Wildman–Crippen MR) is 376 cm³/mol. The molecule has 0 saturated heterocycles. The highest BCUT2D eigenvalue weighted by Crippen LogP contribution is 1.93. The van der Waals surface area contributed by atoms with E-state index in [9.17, 15) is 58.9 Å². The zero-order valence-corrected chi connectivity index (χ0v) is 68.6. The summed E-state index contributed by atoms with van der Waals surface area (Å²) in [6.45, 7) is 24.4. The number of carboxylic acids is 4. The maximum Gasteiger partial charge on any atom is 0.243 e. The van der Waals surface area contributed by atoms with Gasteiger partial charge in [0.25, 0.3) is 0 Å². The average Bonchev–Trinajstić information content (AvgIpc) is 1.82. The van der Waals surface area contributed by atoms with Crippen molar-refractivity contribution in [3.8, 4) is 0 Å². The molecule has 0 N–H and O–H groups in total. The number of carboxylic acid groups (broad SMARTS) is 4. The summed E-state index contributed by atoms with van der Waals surface area (Å²) in [4.78, 5) is 35.7. The highest BCUT2D eigenvalue weighted by atomic mass is 32.2. The normalized spacial score (nSPS) is 11.1. The Labute approximate surface area is 629 Å². The van der Waals surface area contributed by atoms with Gasteiger partial charge in [0.2, 0.25) is 44.3 Å². The first-order chi connectivity index (χ1) is 49.1. The Morgan fingerprint density at radius 2 is 0.346 bits per heavy atom. The minimum absolute atomic E-state index is 0.200. The van der Waals surface area contributed by atoms with Crippen molar-refractivity contribution >= 4 is 100 Å². The van der Waals surface area contributed by atoms with E-state index in [1.54, 1.807) is 0 Å². The molecule has 7 heterocycles. The summed E-state index contributed by atoms with van der Waals surface area (Å²) in [6, 6.07) is 0. The van der Waals surface area contributed by atoms with Crippen LogP contribution in [0.25, 0.3) is 0 Å². The molecule has 0 aliphatic carbocycles. The van der Waals surface area contributed by atoms with Gasteiger partial charge < -0.3 is 54.7 Å². The zero-order chi connectivity index (χ0) is 83.2. The molecule has 0 aliphatic rings. The Morgan fingerprint density at radius 1 is 0.252 bits per heavy atom. The molecule has 7 aromatic rings. The first-order valence-electron chi connectivity index (χ1n) is 32.5. The summed E-state index contributed by atoms with van der Waals surface area (Å²) in [7, 11) is -22.9. The van der Waals surface area contributed by atoms with Crippen molar-refractivity contribution in [1.82, 2.24) is 32.0 Å². The molecule has 0 aromatic carbocycles. The molecular weight excluding hydrogens is 1550 g/mol. The van der Waals surface area contributed by atoms with Crippen LogP contribution in [0.5, 0.6) is 0 Å². The fraction of sp³-hybridized carbons (Fsp3) is 0.583. The van der Waals surface area contributed by atoms with Gasteiger partial charge in [-0.05, 0) is 48.5 Å². The van der Waals surface area contributed by atoms with Gasteiger partial charge in [-0.2, -0.15) is 0 Å². The van der Waals surface area contributed by atoms with E-state index in [4.69, 9.17) is 54.7 Å². The largest absolute Gasteiger partial charge is 0.907 e. The summed E-state index contributed by atoms with van der Waals surface area (Å²) in [6.07, 6.45) is 48.9. The van der Waals surface area contributed by atoms with Crippen LogP contribution >= 0.6 is 0 Å². The summed E-state index contributed by atoms with van der Waals surface area (Å²) in [5.74, 6) is -7.34. The maximum atomic E-state index is 10.9. The molecule has 47 heteroatoms. The molecule has 7 aromatic heterocycles. The van der Waals surface area contributed by atoms with Crippen LogP contribution in [0, 0.1) is 0 Å². The molecule has 0 saturated carbocycles. The first-order valence-corrected chi connectivity index (χ1v) is 46.9. The van der Waals surface area contributed by atoms with E-state index in [0.717, 1.165) is 45.8 Å². The van der Waals surface area contributed by atoms with Crippen molar-refractivity contribution in [3.05, 3.63) is 131 Å². The van der Waals surface area contributed by atoms with Crippen LogP contribution in [-0.2, 0) is 180 Å². The van der Waals surface area contributed by atoms with E-state index in [0.29, 0.717) is 45.8 Å². The lowest BCUT2D eigenvalue weighted by Gasteiger charge is -2.35. The number of imidazole rings is 7. The molecule has 0 spiro atoms. The molecule has 0 atom stereocenters. The van der Waals surface area contributed by atoms with Gasteiger partial charge in [0.1, 0.15) is 133 Å². The molecule has 0 bridgehead atoms. The lowest BCUT2D eigenvalue weighted by atomic mass is 10.3. The van der Waals surface area contributed by atoms with Gasteiger partial charge in [-0.15, -0.1) is 0 Å². The van der Waals surface area contributed by atoms with E-state index in [2.05, 4.69) is 0 Å². The smallest absolute Gasteiger partial charge is 0.243 e. The van der Waals surface area contributed by atoms with E-state index in [-0.39, 0.29) is 40.3 Å². The molecule has 610 valence electrons. The minimum atomic E-state index is -2.92. The van der Waals surface area contributed by atoms with Gasteiger partial charge in [-0.25, -0.2) is 123 Å². The van der Waals surface area contributed by atoms with Crippen molar-refractivity contribution in [2.75, 3.05) is 84.1 Å². The quantitative estimate of drug-likeness (QED) is 0.0250. The fourth-order valence-corrected chi connectivity index (χ4v) is 11.0. The molecule has 0 aliphatic heterocycles. The number of aliphatic carboxylic acids is 4. The summed E-state index contributed by atoms with van der Waals surface area (Å²) in [5.41, 5.74) is 0. The number of hydrogen-bond donors (Lipinski definition) is 0. The van der Waals surface area contributed by atoms with E-state index in [1.807, 2.05) is 243 Å². The van der Waals surface area contributed by atoms with Crippen molar-refractivity contribution < 1.29 is 146 Å². The Bertz CT molecular complexity index is 3780. The number of aryl methyl sites for hydroxylation is 14. The van der Waals surface area contributed by atoms with Crippen molar-refractivity contribution in [2.24, 2.45) is 0 Å². The van der Waals surface area contributed by atoms with Crippen molar-refractivity contribution in [3.63, 3.8) is 0 Å². The second kappa shape index (κ2) is 52.1. The Hall–Kier alpha value is -8.06. The van der Waals surface area contributed by atoms with Crippen LogP contribution < -0.4 is 67.5 Å². The molecule has 0 radical (unpaired) electrons. The number of carbonyl (C=O) groups excluding carboxylic acids is 4. The van der Waals surface area contributed by atoms with E-state index < -0.39 is 100 Å². The predicted octanol–water partition coefficient (Wildman–Crippen LogP) is -12.1. The first kappa shape index (κ1) is 103. The zero-order valence-electron chi connectivity index (χ0n) is 62.9. The lowest BCUT2D eigenvalue weighted by molar-refractivity contribution is -0.692. The number of hydrogen-bond acceptors (Lipinski definition) is 25. The maximum absolute atomic E-state index is 10.9. The second-order valence-corrected chi connectivity index (χ2v) is 39.0. The SMILES string of the molecule is CCn1cc[n+](CCS(C)(=O)=O)c1.CCn1cc[n+](CCS(C)(=O)=O)c1.CCn1cc[n+](CCS(C)(=O)=O)c1.CCn1cc[n+](CCS(C)(=O)=O)c1.CCn1cc[n+](CCS(C)(=O)=O)c1.CCn1cc[n+](CCS(C)(=O)=O)c1.CCn1cc[n+](CCS(C)(=O)=O)c1.O=C([O-])C(=O)[O-].O=C([O-])C(=O)[O-].[O-]B([O-])[O-]. The van der Waals surface area contributed by atoms with Gasteiger partial charge in [0, 0.05) is 43.8 Å². The van der Waals surface area contributed by atoms with Gasteiger partial charge >= 0.3 is 0 Å². The number of nitrogens with zero attached hydrogens (tertiary/aromatic N) is 14. The number of carbonyl (C=O) groups is 4. The third-order valence-corrected chi connectivity index (χ3v) is 19.6. The second-order valence-electron chi connectivity index (χ2n) is 23.2. The van der Waals surface area contributed by atoms with Crippen LogP contribution in [0.1, 0.15) is 48.5 Å². The molecule has 0 amide bonds. The standard InChI is InChI=1S/7C8H15N2O2S.2C2H2O4.BO3/c7*1-3-9-4-5-10(8-9)6-7-13(2,11)12;2*3-1(4)2(5)6;2-1(3)4/h7*4-5,8H,3,6-7H2,1-2H3;2*(H,3,4)(H,5,6);/q7*+1;;;-3/p-4. The Morgan fingerprint density at radius 3 is 0.402 bits per heavy atom. The third-order valence-electron chi connectivity index (χ3n) is 13.2. The van der Waals surface area contributed by atoms with Crippen LogP contribution in [0.4, 0.5) is 0 Å². The topological polar surface area (TPSA) is 530 Å². The lowest BCUT2D eigenvalue weighted by Crippen LogP contribution is -2.56. The van der Waals surface area contributed by atoms with Crippen LogP contribution in [-0.4, -0.2) is 206 Å². The van der Waals surface area contributed by atoms with Gasteiger partial charge in [0.05, 0.1) is 110 Å². The molecule has 7 rings (SSSR count). The summed E-state index contributed by atoms with van der Waals surface area (Å²) < 4.78 is 179. The third kappa shape index (κ3) is 63.7. The average molecular weight is 1660 g/mol. The van der Waals surface area contributed by atoms with E-state index in [1.165, 1.54) is 43.8 Å². The highest BCUT2D eigenvalue weighted by molar-refractivity contribution is 7.92. The van der Waals surface area contributed by atoms with Crippen molar-refractivity contribution in [2.45, 2.75) is 140 Å². The van der Waals surface area contributed by atoms with Crippen LogP contribution in [0.3, 0.4) is 0 Å². The van der Waals surface area contributed by atoms with Gasteiger partial charge in [-0.3, -0.25) is 7.32 Å². The molecule has 0 unspecified atom stereocenters. The molecule has 107 heavy (non-hydrogen) atoms. The number of aromatic nitrogens is 14.